The Morgan fingerprint density at radius 1 is 1.47 bits per heavy atom. The molecule has 2 atom stereocenters. The third-order valence-electron chi connectivity index (χ3n) is 3.64. The quantitative estimate of drug-likeness (QED) is 0.778. The fourth-order valence-corrected chi connectivity index (χ4v) is 2.45. The molecular weight excluding hydrogens is 192 g/mol. The molecule has 1 N–H and O–H groups in total. The van der Waals surface area contributed by atoms with Gasteiger partial charge in [0.05, 0.1) is 6.61 Å². The SMILES string of the molecule is CC1CCCC(OCC2CC2)(C(=O)O)C1. The van der Waals surface area contributed by atoms with E-state index in [0.29, 0.717) is 31.3 Å². The summed E-state index contributed by atoms with van der Waals surface area (Å²) in [6, 6.07) is 0. The van der Waals surface area contributed by atoms with Crippen LogP contribution in [0.5, 0.6) is 0 Å². The topological polar surface area (TPSA) is 46.5 Å². The van der Waals surface area contributed by atoms with Crippen LogP contribution in [0.15, 0.2) is 0 Å². The molecule has 0 bridgehead atoms. The lowest BCUT2D eigenvalue weighted by Crippen LogP contribution is -2.45. The Morgan fingerprint density at radius 3 is 2.73 bits per heavy atom. The van der Waals surface area contributed by atoms with E-state index in [2.05, 4.69) is 6.92 Å². The highest BCUT2D eigenvalue weighted by Crippen LogP contribution is 2.38. The second-order valence-electron chi connectivity index (χ2n) is 5.26. The summed E-state index contributed by atoms with van der Waals surface area (Å²) in [7, 11) is 0. The van der Waals surface area contributed by atoms with Crippen molar-refractivity contribution in [1.29, 1.82) is 0 Å². The molecule has 0 aliphatic heterocycles. The molecule has 0 heterocycles. The predicted molar refractivity (Wildman–Crippen MR) is 56.7 cm³/mol. The van der Waals surface area contributed by atoms with Crippen molar-refractivity contribution in [2.75, 3.05) is 6.61 Å². The molecule has 15 heavy (non-hydrogen) atoms. The molecule has 86 valence electrons. The third-order valence-corrected chi connectivity index (χ3v) is 3.64. The van der Waals surface area contributed by atoms with Gasteiger partial charge in [-0.05, 0) is 43.9 Å². The number of carboxylic acids is 1. The molecule has 0 aromatic carbocycles. The highest BCUT2D eigenvalue weighted by molar-refractivity contribution is 5.77. The first-order chi connectivity index (χ1) is 7.12. The molecule has 2 aliphatic carbocycles. The van der Waals surface area contributed by atoms with E-state index in [1.807, 2.05) is 0 Å². The van der Waals surface area contributed by atoms with E-state index in [-0.39, 0.29) is 0 Å². The van der Waals surface area contributed by atoms with E-state index in [4.69, 9.17) is 4.74 Å². The van der Waals surface area contributed by atoms with Crippen molar-refractivity contribution in [3.63, 3.8) is 0 Å². The van der Waals surface area contributed by atoms with Gasteiger partial charge in [-0.2, -0.15) is 0 Å². The van der Waals surface area contributed by atoms with Crippen LogP contribution < -0.4 is 0 Å². The molecule has 2 fully saturated rings. The van der Waals surface area contributed by atoms with E-state index in [9.17, 15) is 9.90 Å². The maximum absolute atomic E-state index is 11.3. The van der Waals surface area contributed by atoms with Gasteiger partial charge < -0.3 is 9.84 Å². The molecule has 0 amide bonds. The predicted octanol–water partition coefficient (Wildman–Crippen LogP) is 2.45. The fraction of sp³-hybridized carbons (Fsp3) is 0.917. The maximum Gasteiger partial charge on any atom is 0.335 e. The molecule has 0 saturated heterocycles. The number of ether oxygens (including phenoxy) is 1. The van der Waals surface area contributed by atoms with Crippen LogP contribution in [0.25, 0.3) is 0 Å². The minimum absolute atomic E-state index is 0.481. The normalized spacial score (nSPS) is 36.5. The molecule has 3 nitrogen and oxygen atoms in total. The van der Waals surface area contributed by atoms with Crippen LogP contribution in [0.1, 0.15) is 45.4 Å². The lowest BCUT2D eigenvalue weighted by molar-refractivity contribution is -0.173. The van der Waals surface area contributed by atoms with Gasteiger partial charge in [0.1, 0.15) is 0 Å². The summed E-state index contributed by atoms with van der Waals surface area (Å²) in [5.41, 5.74) is -0.861. The number of hydrogen-bond donors (Lipinski definition) is 1. The van der Waals surface area contributed by atoms with Gasteiger partial charge in [0.2, 0.25) is 0 Å². The molecule has 2 aliphatic rings. The molecule has 0 aromatic heterocycles. The van der Waals surface area contributed by atoms with Crippen molar-refractivity contribution < 1.29 is 14.6 Å². The number of aliphatic carboxylic acids is 1. The zero-order valence-corrected chi connectivity index (χ0v) is 9.37. The molecule has 0 radical (unpaired) electrons. The Labute approximate surface area is 90.8 Å². The second-order valence-corrected chi connectivity index (χ2v) is 5.26. The minimum Gasteiger partial charge on any atom is -0.479 e. The first kappa shape index (κ1) is 10.9. The van der Waals surface area contributed by atoms with Crippen LogP contribution in [-0.4, -0.2) is 23.3 Å². The van der Waals surface area contributed by atoms with Gasteiger partial charge in [-0.1, -0.05) is 13.3 Å². The van der Waals surface area contributed by atoms with E-state index < -0.39 is 11.6 Å². The molecule has 0 aromatic rings. The van der Waals surface area contributed by atoms with Gasteiger partial charge in [-0.3, -0.25) is 0 Å². The summed E-state index contributed by atoms with van der Waals surface area (Å²) in [6.07, 6.45) is 5.94. The van der Waals surface area contributed by atoms with E-state index in [1.165, 1.54) is 12.8 Å². The van der Waals surface area contributed by atoms with E-state index in [0.717, 1.165) is 12.8 Å². The summed E-state index contributed by atoms with van der Waals surface area (Å²) < 4.78 is 5.73. The Balaban J connectivity index is 1.97. The Kier molecular flexibility index (Phi) is 3.01. The van der Waals surface area contributed by atoms with Crippen molar-refractivity contribution in [2.45, 2.75) is 51.0 Å². The Bertz CT molecular complexity index is 247. The van der Waals surface area contributed by atoms with Crippen molar-refractivity contribution in [1.82, 2.24) is 0 Å². The summed E-state index contributed by atoms with van der Waals surface area (Å²) in [5, 5.41) is 9.31. The summed E-state index contributed by atoms with van der Waals surface area (Å²) in [4.78, 5) is 11.3. The lowest BCUT2D eigenvalue weighted by atomic mass is 9.79. The first-order valence-corrected chi connectivity index (χ1v) is 6.00. The van der Waals surface area contributed by atoms with Gasteiger partial charge in [0, 0.05) is 0 Å². The van der Waals surface area contributed by atoms with Gasteiger partial charge >= 0.3 is 5.97 Å². The van der Waals surface area contributed by atoms with Crippen molar-refractivity contribution in [2.24, 2.45) is 11.8 Å². The van der Waals surface area contributed by atoms with Gasteiger partial charge in [0.15, 0.2) is 5.60 Å². The number of carbonyl (C=O) groups is 1. The van der Waals surface area contributed by atoms with Crippen molar-refractivity contribution in [3.05, 3.63) is 0 Å². The van der Waals surface area contributed by atoms with Crippen LogP contribution in [0, 0.1) is 11.8 Å². The van der Waals surface area contributed by atoms with Crippen LogP contribution in [0.4, 0.5) is 0 Å². The highest BCUT2D eigenvalue weighted by Gasteiger charge is 2.44. The zero-order chi connectivity index (χ0) is 10.9. The van der Waals surface area contributed by atoms with Crippen molar-refractivity contribution >= 4 is 5.97 Å². The van der Waals surface area contributed by atoms with Gasteiger partial charge in [-0.25, -0.2) is 4.79 Å². The lowest BCUT2D eigenvalue weighted by Gasteiger charge is -2.36. The number of carboxylic acid groups (broad SMARTS) is 1. The zero-order valence-electron chi connectivity index (χ0n) is 9.37. The largest absolute Gasteiger partial charge is 0.479 e. The Morgan fingerprint density at radius 2 is 2.20 bits per heavy atom. The molecular formula is C12H20O3. The monoisotopic (exact) mass is 212 g/mol. The maximum atomic E-state index is 11.3. The standard InChI is InChI=1S/C12H20O3/c1-9-3-2-6-12(7-9,11(13)14)15-8-10-4-5-10/h9-10H,2-8H2,1H3,(H,13,14). The molecule has 0 spiro atoms. The fourth-order valence-electron chi connectivity index (χ4n) is 2.45. The van der Waals surface area contributed by atoms with E-state index in [1.54, 1.807) is 0 Å². The molecule has 3 heteroatoms. The van der Waals surface area contributed by atoms with Gasteiger partial charge in [0.25, 0.3) is 0 Å². The summed E-state index contributed by atoms with van der Waals surface area (Å²) >= 11 is 0. The van der Waals surface area contributed by atoms with Crippen molar-refractivity contribution in [3.8, 4) is 0 Å². The summed E-state index contributed by atoms with van der Waals surface area (Å²) in [5.74, 6) is 0.363. The average molecular weight is 212 g/mol. The molecule has 2 saturated carbocycles. The van der Waals surface area contributed by atoms with E-state index >= 15 is 0 Å². The number of rotatable bonds is 4. The minimum atomic E-state index is -0.861. The summed E-state index contributed by atoms with van der Waals surface area (Å²) in [6.45, 7) is 2.77. The van der Waals surface area contributed by atoms with Crippen LogP contribution in [0.2, 0.25) is 0 Å². The third kappa shape index (κ3) is 2.51. The number of hydrogen-bond acceptors (Lipinski definition) is 2. The highest BCUT2D eigenvalue weighted by atomic mass is 16.5. The molecule has 2 unspecified atom stereocenters. The average Bonchev–Trinajstić information content (AvgIpc) is 2.98. The van der Waals surface area contributed by atoms with Gasteiger partial charge in [-0.15, -0.1) is 0 Å². The Hall–Kier alpha value is -0.570. The van der Waals surface area contributed by atoms with Crippen LogP contribution >= 0.6 is 0 Å². The molecule has 2 rings (SSSR count). The first-order valence-electron chi connectivity index (χ1n) is 6.00. The second kappa shape index (κ2) is 4.12. The smallest absolute Gasteiger partial charge is 0.335 e. The van der Waals surface area contributed by atoms with Crippen LogP contribution in [-0.2, 0) is 9.53 Å². The van der Waals surface area contributed by atoms with Crippen LogP contribution in [0.3, 0.4) is 0 Å².